The lowest BCUT2D eigenvalue weighted by Gasteiger charge is -2.09. The molecular formula is C14H11ClN2O2S. The van der Waals surface area contributed by atoms with Gasteiger partial charge in [0.25, 0.3) is 10.0 Å². The van der Waals surface area contributed by atoms with E-state index in [9.17, 15) is 8.42 Å². The van der Waals surface area contributed by atoms with Gasteiger partial charge in [-0.2, -0.15) is 0 Å². The van der Waals surface area contributed by atoms with E-state index in [1.165, 1.54) is 18.6 Å². The number of rotatable bonds is 2. The number of hydrogen-bond acceptors (Lipinski definition) is 3. The van der Waals surface area contributed by atoms with Crippen LogP contribution in [0, 0.1) is 6.92 Å². The Balaban J connectivity index is 2.33. The highest BCUT2D eigenvalue weighted by Gasteiger charge is 2.20. The molecule has 0 spiro atoms. The molecule has 6 heteroatoms. The number of nitrogens with zero attached hydrogens (tertiary/aromatic N) is 2. The fourth-order valence-corrected chi connectivity index (χ4v) is 3.72. The van der Waals surface area contributed by atoms with Gasteiger partial charge < -0.3 is 0 Å². The van der Waals surface area contributed by atoms with Crippen LogP contribution in [0.3, 0.4) is 0 Å². The predicted octanol–water partition coefficient (Wildman–Crippen LogP) is 3.24. The molecule has 0 aliphatic rings. The molecule has 20 heavy (non-hydrogen) atoms. The van der Waals surface area contributed by atoms with E-state index in [1.54, 1.807) is 31.2 Å². The molecule has 1 heterocycles. The number of hydrogen-bond donors (Lipinski definition) is 0. The Morgan fingerprint density at radius 3 is 2.45 bits per heavy atom. The summed E-state index contributed by atoms with van der Waals surface area (Å²) in [5.41, 5.74) is 0.645. The monoisotopic (exact) mass is 306 g/mol. The molecule has 3 aromatic rings. The van der Waals surface area contributed by atoms with Crippen LogP contribution in [-0.2, 0) is 10.0 Å². The zero-order valence-electron chi connectivity index (χ0n) is 10.6. The quantitative estimate of drug-likeness (QED) is 0.730. The summed E-state index contributed by atoms with van der Waals surface area (Å²) in [6, 6.07) is 10.3. The third kappa shape index (κ3) is 1.99. The van der Waals surface area contributed by atoms with Crippen molar-refractivity contribution in [3.63, 3.8) is 0 Å². The van der Waals surface area contributed by atoms with Gasteiger partial charge in [-0.1, -0.05) is 35.9 Å². The van der Waals surface area contributed by atoms with Gasteiger partial charge in [0, 0.05) is 22.0 Å². The summed E-state index contributed by atoms with van der Waals surface area (Å²) in [7, 11) is -3.67. The van der Waals surface area contributed by atoms with E-state index in [1.807, 2.05) is 6.07 Å². The maximum absolute atomic E-state index is 12.7. The summed E-state index contributed by atoms with van der Waals surface area (Å²) < 4.78 is 26.4. The molecule has 0 saturated carbocycles. The molecule has 0 aliphatic carbocycles. The van der Waals surface area contributed by atoms with Crippen molar-refractivity contribution in [3.8, 4) is 0 Å². The van der Waals surface area contributed by atoms with Gasteiger partial charge in [0.1, 0.15) is 6.33 Å². The van der Waals surface area contributed by atoms with Crippen LogP contribution in [0.25, 0.3) is 10.8 Å². The SMILES string of the molecule is Cc1cn(S(=O)(=O)c2ccc(Cl)c3ccccc23)cn1. The Morgan fingerprint density at radius 1 is 1.10 bits per heavy atom. The van der Waals surface area contributed by atoms with Crippen molar-refractivity contribution in [2.75, 3.05) is 0 Å². The third-order valence-corrected chi connectivity index (χ3v) is 5.07. The Morgan fingerprint density at radius 2 is 1.80 bits per heavy atom. The van der Waals surface area contributed by atoms with Gasteiger partial charge in [-0.05, 0) is 19.1 Å². The van der Waals surface area contributed by atoms with Gasteiger partial charge in [0.05, 0.1) is 10.6 Å². The number of aryl methyl sites for hydroxylation is 1. The molecule has 2 aromatic carbocycles. The zero-order chi connectivity index (χ0) is 14.3. The summed E-state index contributed by atoms with van der Waals surface area (Å²) in [6.07, 6.45) is 2.78. The summed E-state index contributed by atoms with van der Waals surface area (Å²) in [6.45, 7) is 1.74. The van der Waals surface area contributed by atoms with E-state index >= 15 is 0 Å². The highest BCUT2D eigenvalue weighted by Crippen LogP contribution is 2.30. The molecule has 0 radical (unpaired) electrons. The number of fused-ring (bicyclic) bond motifs is 1. The van der Waals surface area contributed by atoms with Gasteiger partial charge in [0.15, 0.2) is 0 Å². The van der Waals surface area contributed by atoms with Gasteiger partial charge in [-0.3, -0.25) is 0 Å². The molecule has 0 unspecified atom stereocenters. The predicted molar refractivity (Wildman–Crippen MR) is 78.5 cm³/mol. The van der Waals surface area contributed by atoms with E-state index in [0.29, 0.717) is 21.5 Å². The first-order chi connectivity index (χ1) is 9.50. The van der Waals surface area contributed by atoms with Crippen LogP contribution in [0.1, 0.15) is 5.69 Å². The van der Waals surface area contributed by atoms with Gasteiger partial charge in [-0.15, -0.1) is 0 Å². The summed E-state index contributed by atoms with van der Waals surface area (Å²) in [5, 5.41) is 1.85. The van der Waals surface area contributed by atoms with Crippen molar-refractivity contribution in [2.24, 2.45) is 0 Å². The maximum atomic E-state index is 12.7. The Kier molecular flexibility index (Phi) is 3.03. The van der Waals surface area contributed by atoms with Crippen molar-refractivity contribution in [1.29, 1.82) is 0 Å². The Bertz CT molecular complexity index is 900. The summed E-state index contributed by atoms with van der Waals surface area (Å²) >= 11 is 6.12. The zero-order valence-corrected chi connectivity index (χ0v) is 12.2. The molecule has 3 rings (SSSR count). The summed E-state index contributed by atoms with van der Waals surface area (Å²) in [4.78, 5) is 4.18. The average molecular weight is 307 g/mol. The van der Waals surface area contributed by atoms with Crippen LogP contribution in [0.4, 0.5) is 0 Å². The van der Waals surface area contributed by atoms with Crippen LogP contribution < -0.4 is 0 Å². The first kappa shape index (κ1) is 13.1. The molecule has 0 bridgehead atoms. The fraction of sp³-hybridized carbons (Fsp3) is 0.0714. The van der Waals surface area contributed by atoms with Crippen LogP contribution in [0.15, 0.2) is 53.8 Å². The second-order valence-electron chi connectivity index (χ2n) is 4.44. The smallest absolute Gasteiger partial charge is 0.241 e. The number of halogens is 1. The molecule has 0 atom stereocenters. The highest BCUT2D eigenvalue weighted by atomic mass is 35.5. The van der Waals surface area contributed by atoms with E-state index in [4.69, 9.17) is 11.6 Å². The van der Waals surface area contributed by atoms with E-state index < -0.39 is 10.0 Å². The van der Waals surface area contributed by atoms with Crippen LogP contribution >= 0.6 is 11.6 Å². The summed E-state index contributed by atoms with van der Waals surface area (Å²) in [5.74, 6) is 0. The normalized spacial score (nSPS) is 11.9. The molecule has 0 N–H and O–H groups in total. The Hall–Kier alpha value is -1.85. The maximum Gasteiger partial charge on any atom is 0.269 e. The molecular weight excluding hydrogens is 296 g/mol. The van der Waals surface area contributed by atoms with E-state index in [-0.39, 0.29) is 4.90 Å². The molecule has 0 fully saturated rings. The second-order valence-corrected chi connectivity index (χ2v) is 6.66. The first-order valence-electron chi connectivity index (χ1n) is 5.93. The lowest BCUT2D eigenvalue weighted by molar-refractivity contribution is 0.588. The van der Waals surface area contributed by atoms with Gasteiger partial charge in [-0.25, -0.2) is 17.4 Å². The van der Waals surface area contributed by atoms with Gasteiger partial charge in [0.2, 0.25) is 0 Å². The van der Waals surface area contributed by atoms with Gasteiger partial charge >= 0.3 is 0 Å². The minimum Gasteiger partial charge on any atom is -0.241 e. The number of aromatic nitrogens is 2. The van der Waals surface area contributed by atoms with E-state index in [0.717, 1.165) is 3.97 Å². The lowest BCUT2D eigenvalue weighted by atomic mass is 10.1. The van der Waals surface area contributed by atoms with Crippen molar-refractivity contribution in [1.82, 2.24) is 8.96 Å². The fourth-order valence-electron chi connectivity index (χ4n) is 2.10. The minimum absolute atomic E-state index is 0.218. The number of benzene rings is 2. The van der Waals surface area contributed by atoms with Crippen LogP contribution in [-0.4, -0.2) is 17.4 Å². The van der Waals surface area contributed by atoms with Crippen LogP contribution in [0.5, 0.6) is 0 Å². The number of imidazole rings is 1. The largest absolute Gasteiger partial charge is 0.269 e. The van der Waals surface area contributed by atoms with E-state index in [2.05, 4.69) is 4.98 Å². The lowest BCUT2D eigenvalue weighted by Crippen LogP contribution is -2.11. The first-order valence-corrected chi connectivity index (χ1v) is 7.75. The van der Waals surface area contributed by atoms with Crippen LogP contribution in [0.2, 0.25) is 5.02 Å². The molecule has 1 aromatic heterocycles. The van der Waals surface area contributed by atoms with Crippen molar-refractivity contribution < 1.29 is 8.42 Å². The van der Waals surface area contributed by atoms with Crippen molar-refractivity contribution in [2.45, 2.75) is 11.8 Å². The highest BCUT2D eigenvalue weighted by molar-refractivity contribution is 7.90. The molecule has 0 aliphatic heterocycles. The van der Waals surface area contributed by atoms with Crippen molar-refractivity contribution in [3.05, 3.63) is 59.6 Å². The molecule has 4 nitrogen and oxygen atoms in total. The standard InChI is InChI=1S/C14H11ClN2O2S/c1-10-8-17(9-16-10)20(18,19)14-7-6-13(15)11-4-2-3-5-12(11)14/h2-9H,1H3. The van der Waals surface area contributed by atoms with Crippen molar-refractivity contribution >= 4 is 32.4 Å². The molecule has 102 valence electrons. The minimum atomic E-state index is -3.67. The third-order valence-electron chi connectivity index (χ3n) is 3.08. The topological polar surface area (TPSA) is 52.0 Å². The molecule has 0 saturated heterocycles. The molecule has 0 amide bonds. The average Bonchev–Trinajstić information content (AvgIpc) is 2.87. The second kappa shape index (κ2) is 4.61. The Labute approximate surface area is 121 Å².